The fraction of sp³-hybridized carbons (Fsp3) is 0.263. The SMILES string of the molecule is CCCCc1ccc(CC(=O)NNC(=O)c2ccccc2)cc1. The van der Waals surface area contributed by atoms with Crippen molar-refractivity contribution < 1.29 is 9.59 Å². The first kappa shape index (κ1) is 16.7. The summed E-state index contributed by atoms with van der Waals surface area (Å²) in [7, 11) is 0. The molecule has 2 rings (SSSR count). The van der Waals surface area contributed by atoms with E-state index >= 15 is 0 Å². The van der Waals surface area contributed by atoms with Gasteiger partial charge in [-0.2, -0.15) is 0 Å². The summed E-state index contributed by atoms with van der Waals surface area (Å²) >= 11 is 0. The van der Waals surface area contributed by atoms with Gasteiger partial charge in [-0.25, -0.2) is 0 Å². The van der Waals surface area contributed by atoms with Crippen molar-refractivity contribution in [2.45, 2.75) is 32.6 Å². The first-order chi connectivity index (χ1) is 11.2. The van der Waals surface area contributed by atoms with E-state index in [0.29, 0.717) is 5.56 Å². The number of carbonyl (C=O) groups excluding carboxylic acids is 2. The number of hydrogen-bond acceptors (Lipinski definition) is 2. The lowest BCUT2D eigenvalue weighted by molar-refractivity contribution is -0.121. The summed E-state index contributed by atoms with van der Waals surface area (Å²) in [5, 5.41) is 0. The third kappa shape index (κ3) is 5.58. The van der Waals surface area contributed by atoms with E-state index in [2.05, 4.69) is 29.9 Å². The molecule has 0 radical (unpaired) electrons. The van der Waals surface area contributed by atoms with Gasteiger partial charge in [0, 0.05) is 5.56 Å². The molecule has 0 unspecified atom stereocenters. The minimum Gasteiger partial charge on any atom is -0.273 e. The molecule has 0 spiro atoms. The van der Waals surface area contributed by atoms with Gasteiger partial charge in [-0.05, 0) is 36.1 Å². The Kier molecular flexibility index (Phi) is 6.36. The maximum absolute atomic E-state index is 11.9. The van der Waals surface area contributed by atoms with Crippen LogP contribution in [0.1, 0.15) is 41.3 Å². The fourth-order valence-corrected chi connectivity index (χ4v) is 2.22. The Morgan fingerprint density at radius 2 is 1.52 bits per heavy atom. The summed E-state index contributed by atoms with van der Waals surface area (Å²) in [6.07, 6.45) is 3.65. The largest absolute Gasteiger partial charge is 0.273 e. The number of hydrogen-bond donors (Lipinski definition) is 2. The van der Waals surface area contributed by atoms with Crippen molar-refractivity contribution in [3.8, 4) is 0 Å². The van der Waals surface area contributed by atoms with Crippen molar-refractivity contribution in [2.75, 3.05) is 0 Å². The predicted molar refractivity (Wildman–Crippen MR) is 90.8 cm³/mol. The number of aryl methyl sites for hydroxylation is 1. The highest BCUT2D eigenvalue weighted by Crippen LogP contribution is 2.08. The van der Waals surface area contributed by atoms with Gasteiger partial charge in [0.25, 0.3) is 5.91 Å². The molecule has 2 aromatic rings. The standard InChI is InChI=1S/C19H22N2O2/c1-2-3-7-15-10-12-16(13-11-15)14-18(22)20-21-19(23)17-8-5-4-6-9-17/h4-6,8-13H,2-3,7,14H2,1H3,(H,20,22)(H,21,23). The van der Waals surface area contributed by atoms with E-state index in [9.17, 15) is 9.59 Å². The van der Waals surface area contributed by atoms with Crippen molar-refractivity contribution in [3.63, 3.8) is 0 Å². The third-order valence-electron chi connectivity index (χ3n) is 3.56. The highest BCUT2D eigenvalue weighted by atomic mass is 16.2. The van der Waals surface area contributed by atoms with Crippen LogP contribution in [0.5, 0.6) is 0 Å². The molecule has 2 amide bonds. The van der Waals surface area contributed by atoms with Crippen LogP contribution in [0, 0.1) is 0 Å². The molecule has 0 aliphatic rings. The Morgan fingerprint density at radius 3 is 2.17 bits per heavy atom. The zero-order chi connectivity index (χ0) is 16.5. The van der Waals surface area contributed by atoms with E-state index in [1.54, 1.807) is 24.3 Å². The highest BCUT2D eigenvalue weighted by Gasteiger charge is 2.07. The number of nitrogens with one attached hydrogen (secondary N) is 2. The molecule has 120 valence electrons. The summed E-state index contributed by atoms with van der Waals surface area (Å²) in [4.78, 5) is 23.7. The van der Waals surface area contributed by atoms with Gasteiger partial charge in [0.05, 0.1) is 6.42 Å². The van der Waals surface area contributed by atoms with Crippen molar-refractivity contribution >= 4 is 11.8 Å². The van der Waals surface area contributed by atoms with Crippen LogP contribution in [0.2, 0.25) is 0 Å². The quantitative estimate of drug-likeness (QED) is 0.806. The van der Waals surface area contributed by atoms with Crippen LogP contribution >= 0.6 is 0 Å². The van der Waals surface area contributed by atoms with Gasteiger partial charge in [0.15, 0.2) is 0 Å². The third-order valence-corrected chi connectivity index (χ3v) is 3.56. The second-order valence-corrected chi connectivity index (χ2v) is 5.47. The predicted octanol–water partition coefficient (Wildman–Crippen LogP) is 3.03. The van der Waals surface area contributed by atoms with Crippen molar-refractivity contribution in [1.29, 1.82) is 0 Å². The second-order valence-electron chi connectivity index (χ2n) is 5.47. The molecule has 0 fully saturated rings. The number of carbonyl (C=O) groups is 2. The maximum Gasteiger partial charge on any atom is 0.269 e. The molecule has 0 bridgehead atoms. The van der Waals surface area contributed by atoms with Gasteiger partial charge in [-0.3, -0.25) is 20.4 Å². The monoisotopic (exact) mass is 310 g/mol. The van der Waals surface area contributed by atoms with Crippen LogP contribution in [0.3, 0.4) is 0 Å². The van der Waals surface area contributed by atoms with Crippen molar-refractivity contribution in [3.05, 3.63) is 71.3 Å². The van der Waals surface area contributed by atoms with Crippen LogP contribution in [0.15, 0.2) is 54.6 Å². The van der Waals surface area contributed by atoms with Crippen LogP contribution < -0.4 is 10.9 Å². The molecule has 0 heterocycles. The first-order valence-electron chi connectivity index (χ1n) is 7.91. The lowest BCUT2D eigenvalue weighted by atomic mass is 10.0. The first-order valence-corrected chi connectivity index (χ1v) is 7.91. The van der Waals surface area contributed by atoms with E-state index in [0.717, 1.165) is 12.0 Å². The number of hydrazine groups is 1. The maximum atomic E-state index is 11.9. The van der Waals surface area contributed by atoms with E-state index < -0.39 is 0 Å². The van der Waals surface area contributed by atoms with E-state index in [1.165, 1.54) is 18.4 Å². The molecular formula is C19H22N2O2. The lowest BCUT2D eigenvalue weighted by Gasteiger charge is -2.08. The fourth-order valence-electron chi connectivity index (χ4n) is 2.22. The Hall–Kier alpha value is -2.62. The van der Waals surface area contributed by atoms with Crippen molar-refractivity contribution in [2.24, 2.45) is 0 Å². The molecule has 2 aromatic carbocycles. The summed E-state index contributed by atoms with van der Waals surface area (Å²) in [5.74, 6) is -0.565. The number of unbranched alkanes of at least 4 members (excludes halogenated alkanes) is 1. The van der Waals surface area contributed by atoms with Gasteiger partial charge in [-0.15, -0.1) is 0 Å². The number of amides is 2. The lowest BCUT2D eigenvalue weighted by Crippen LogP contribution is -2.42. The van der Waals surface area contributed by atoms with E-state index in [-0.39, 0.29) is 18.2 Å². The van der Waals surface area contributed by atoms with Gasteiger partial charge in [0.2, 0.25) is 5.91 Å². The molecule has 0 saturated carbocycles. The topological polar surface area (TPSA) is 58.2 Å². The molecular weight excluding hydrogens is 288 g/mol. The summed E-state index contributed by atoms with van der Waals surface area (Å²) in [6, 6.07) is 16.8. The molecule has 0 atom stereocenters. The molecule has 0 saturated heterocycles. The summed E-state index contributed by atoms with van der Waals surface area (Å²) in [5.41, 5.74) is 7.58. The smallest absolute Gasteiger partial charge is 0.269 e. The number of benzene rings is 2. The van der Waals surface area contributed by atoms with E-state index in [1.807, 2.05) is 18.2 Å². The average molecular weight is 310 g/mol. The minimum absolute atomic E-state index is 0.239. The molecule has 0 aromatic heterocycles. The molecule has 4 heteroatoms. The van der Waals surface area contributed by atoms with Crippen molar-refractivity contribution in [1.82, 2.24) is 10.9 Å². The average Bonchev–Trinajstić information content (AvgIpc) is 2.60. The molecule has 2 N–H and O–H groups in total. The van der Waals surface area contributed by atoms with Gasteiger partial charge in [0.1, 0.15) is 0 Å². The van der Waals surface area contributed by atoms with Crippen LogP contribution in [0.4, 0.5) is 0 Å². The van der Waals surface area contributed by atoms with Crippen LogP contribution in [-0.2, 0) is 17.6 Å². The number of rotatable bonds is 6. The summed E-state index contributed by atoms with van der Waals surface area (Å²) in [6.45, 7) is 2.17. The second kappa shape index (κ2) is 8.73. The molecule has 0 aliphatic heterocycles. The highest BCUT2D eigenvalue weighted by molar-refractivity contribution is 5.95. The zero-order valence-electron chi connectivity index (χ0n) is 13.3. The Morgan fingerprint density at radius 1 is 0.870 bits per heavy atom. The van der Waals surface area contributed by atoms with Crippen LogP contribution in [0.25, 0.3) is 0 Å². The van der Waals surface area contributed by atoms with Gasteiger partial charge in [-0.1, -0.05) is 55.8 Å². The Bertz CT molecular complexity index is 636. The molecule has 0 aliphatic carbocycles. The van der Waals surface area contributed by atoms with Gasteiger partial charge >= 0.3 is 0 Å². The zero-order valence-corrected chi connectivity index (χ0v) is 13.3. The van der Waals surface area contributed by atoms with Crippen LogP contribution in [-0.4, -0.2) is 11.8 Å². The van der Waals surface area contributed by atoms with E-state index in [4.69, 9.17) is 0 Å². The summed E-state index contributed by atoms with van der Waals surface area (Å²) < 4.78 is 0. The minimum atomic E-state index is -0.325. The Balaban J connectivity index is 1.79. The molecule has 23 heavy (non-hydrogen) atoms. The molecule has 4 nitrogen and oxygen atoms in total. The normalized spacial score (nSPS) is 10.1. The Labute approximate surface area is 136 Å². The van der Waals surface area contributed by atoms with Gasteiger partial charge < -0.3 is 0 Å².